The summed E-state index contributed by atoms with van der Waals surface area (Å²) in [5.74, 6) is 2.38. The minimum atomic E-state index is 0.318. The van der Waals surface area contributed by atoms with E-state index in [4.69, 9.17) is 15.2 Å². The summed E-state index contributed by atoms with van der Waals surface area (Å²) in [6.45, 7) is 3.83. The molecule has 0 aliphatic carbocycles. The second kappa shape index (κ2) is 5.80. The van der Waals surface area contributed by atoms with Crippen LogP contribution in [0.2, 0.25) is 0 Å². The van der Waals surface area contributed by atoms with Crippen LogP contribution in [0.1, 0.15) is 23.6 Å². The molecule has 2 unspecified atom stereocenters. The fourth-order valence-electron chi connectivity index (χ4n) is 3.07. The lowest BCUT2D eigenvalue weighted by Gasteiger charge is -2.25. The Morgan fingerprint density at radius 3 is 2.58 bits per heavy atom. The second-order valence-corrected chi connectivity index (χ2v) is 5.32. The summed E-state index contributed by atoms with van der Waals surface area (Å²) in [5, 5.41) is 0. The number of methoxy groups -OCH3 is 2. The van der Waals surface area contributed by atoms with Crippen molar-refractivity contribution >= 4 is 0 Å². The largest absolute Gasteiger partial charge is 0.496 e. The molecule has 1 aliphatic rings. The Morgan fingerprint density at radius 2 is 2.05 bits per heavy atom. The summed E-state index contributed by atoms with van der Waals surface area (Å²) in [7, 11) is 5.57. The van der Waals surface area contributed by atoms with Crippen LogP contribution in [0.4, 0.5) is 0 Å². The van der Waals surface area contributed by atoms with Gasteiger partial charge in [0.1, 0.15) is 11.5 Å². The summed E-state index contributed by atoms with van der Waals surface area (Å²) in [4.78, 5) is 2.34. The smallest absolute Gasteiger partial charge is 0.130 e. The molecule has 2 atom stereocenters. The standard InChI is InChI=1S/C15H24N2O2/c1-10-5-6-13(18-3)14(15(10)19-4)12-7-11(8-16)9-17(12)2/h5-6,11-12H,7-9,16H2,1-4H3. The van der Waals surface area contributed by atoms with Gasteiger partial charge in [-0.05, 0) is 44.5 Å². The topological polar surface area (TPSA) is 47.7 Å². The molecule has 19 heavy (non-hydrogen) atoms. The van der Waals surface area contributed by atoms with Gasteiger partial charge in [0.15, 0.2) is 0 Å². The molecular weight excluding hydrogens is 240 g/mol. The maximum atomic E-state index is 5.82. The zero-order valence-electron chi connectivity index (χ0n) is 12.3. The third kappa shape index (κ3) is 2.55. The molecule has 0 aromatic heterocycles. The van der Waals surface area contributed by atoms with E-state index < -0.39 is 0 Å². The lowest BCUT2D eigenvalue weighted by Crippen LogP contribution is -2.21. The molecule has 2 N–H and O–H groups in total. The number of likely N-dealkylation sites (tertiary alicyclic amines) is 1. The number of nitrogens with zero attached hydrogens (tertiary/aromatic N) is 1. The first-order valence-corrected chi connectivity index (χ1v) is 6.74. The number of aryl methyl sites for hydroxylation is 1. The number of nitrogens with two attached hydrogens (primary N) is 1. The molecule has 0 amide bonds. The van der Waals surface area contributed by atoms with Gasteiger partial charge >= 0.3 is 0 Å². The zero-order valence-corrected chi connectivity index (χ0v) is 12.3. The minimum Gasteiger partial charge on any atom is -0.496 e. The highest BCUT2D eigenvalue weighted by Crippen LogP contribution is 2.44. The van der Waals surface area contributed by atoms with E-state index in [1.54, 1.807) is 14.2 Å². The average Bonchev–Trinajstić information content (AvgIpc) is 2.79. The van der Waals surface area contributed by atoms with Crippen LogP contribution in [0.3, 0.4) is 0 Å². The van der Waals surface area contributed by atoms with E-state index in [1.165, 1.54) is 0 Å². The molecule has 1 heterocycles. The van der Waals surface area contributed by atoms with Gasteiger partial charge in [0.05, 0.1) is 19.8 Å². The predicted octanol–water partition coefficient (Wildman–Crippen LogP) is 1.96. The van der Waals surface area contributed by atoms with Crippen LogP contribution in [0.5, 0.6) is 11.5 Å². The number of rotatable bonds is 4. The summed E-state index contributed by atoms with van der Waals surface area (Å²) in [6, 6.07) is 4.38. The fourth-order valence-corrected chi connectivity index (χ4v) is 3.07. The Hall–Kier alpha value is -1.26. The van der Waals surface area contributed by atoms with Crippen molar-refractivity contribution in [1.29, 1.82) is 0 Å². The van der Waals surface area contributed by atoms with Crippen LogP contribution in [-0.4, -0.2) is 39.3 Å². The number of benzene rings is 1. The first kappa shape index (κ1) is 14.2. The van der Waals surface area contributed by atoms with Crippen LogP contribution >= 0.6 is 0 Å². The molecule has 0 bridgehead atoms. The first-order valence-electron chi connectivity index (χ1n) is 6.74. The quantitative estimate of drug-likeness (QED) is 0.903. The lowest BCUT2D eigenvalue weighted by molar-refractivity contribution is 0.291. The maximum absolute atomic E-state index is 5.82. The summed E-state index contributed by atoms with van der Waals surface area (Å²) in [5.41, 5.74) is 8.12. The van der Waals surface area contributed by atoms with Crippen molar-refractivity contribution in [3.8, 4) is 11.5 Å². The highest BCUT2D eigenvalue weighted by atomic mass is 16.5. The Labute approximate surface area is 115 Å². The first-order chi connectivity index (χ1) is 9.12. The Morgan fingerprint density at radius 1 is 1.32 bits per heavy atom. The van der Waals surface area contributed by atoms with Gasteiger partial charge in [-0.3, -0.25) is 4.90 Å². The number of hydrogen-bond donors (Lipinski definition) is 1. The Balaban J connectivity index is 2.45. The highest BCUT2D eigenvalue weighted by molar-refractivity contribution is 5.51. The van der Waals surface area contributed by atoms with Gasteiger partial charge in [-0.25, -0.2) is 0 Å². The van der Waals surface area contributed by atoms with E-state index in [0.29, 0.717) is 12.0 Å². The molecule has 1 saturated heterocycles. The van der Waals surface area contributed by atoms with Crippen molar-refractivity contribution in [2.75, 3.05) is 34.4 Å². The fraction of sp³-hybridized carbons (Fsp3) is 0.600. The summed E-state index contributed by atoms with van der Waals surface area (Å²) in [6.07, 6.45) is 1.06. The van der Waals surface area contributed by atoms with Gasteiger partial charge in [0.25, 0.3) is 0 Å². The van der Waals surface area contributed by atoms with E-state index in [9.17, 15) is 0 Å². The van der Waals surface area contributed by atoms with E-state index >= 15 is 0 Å². The van der Waals surface area contributed by atoms with Crippen LogP contribution in [0.15, 0.2) is 12.1 Å². The maximum Gasteiger partial charge on any atom is 0.130 e. The molecular formula is C15H24N2O2. The summed E-state index contributed by atoms with van der Waals surface area (Å²) < 4.78 is 11.1. The van der Waals surface area contributed by atoms with Crippen molar-refractivity contribution in [2.45, 2.75) is 19.4 Å². The molecule has 4 nitrogen and oxygen atoms in total. The average molecular weight is 264 g/mol. The molecule has 1 fully saturated rings. The second-order valence-electron chi connectivity index (χ2n) is 5.32. The third-order valence-electron chi connectivity index (χ3n) is 4.08. The van der Waals surface area contributed by atoms with Gasteiger partial charge in [-0.1, -0.05) is 6.07 Å². The van der Waals surface area contributed by atoms with Crippen molar-refractivity contribution in [2.24, 2.45) is 11.7 Å². The minimum absolute atomic E-state index is 0.318. The van der Waals surface area contributed by atoms with Crippen LogP contribution in [0.25, 0.3) is 0 Å². The molecule has 4 heteroatoms. The molecule has 1 aromatic rings. The van der Waals surface area contributed by atoms with Crippen LogP contribution in [-0.2, 0) is 0 Å². The van der Waals surface area contributed by atoms with Crippen molar-refractivity contribution in [1.82, 2.24) is 4.90 Å². The van der Waals surface area contributed by atoms with Gasteiger partial charge in [0, 0.05) is 12.6 Å². The van der Waals surface area contributed by atoms with Gasteiger partial charge in [0.2, 0.25) is 0 Å². The van der Waals surface area contributed by atoms with Crippen molar-refractivity contribution in [3.63, 3.8) is 0 Å². The molecule has 0 spiro atoms. The van der Waals surface area contributed by atoms with Gasteiger partial charge in [-0.2, -0.15) is 0 Å². The van der Waals surface area contributed by atoms with E-state index in [0.717, 1.165) is 42.1 Å². The molecule has 0 radical (unpaired) electrons. The normalized spacial score (nSPS) is 23.6. The van der Waals surface area contributed by atoms with E-state index in [2.05, 4.69) is 18.9 Å². The predicted molar refractivity (Wildman–Crippen MR) is 76.8 cm³/mol. The Kier molecular flexibility index (Phi) is 4.32. The molecule has 1 aliphatic heterocycles. The molecule has 106 valence electrons. The number of hydrogen-bond acceptors (Lipinski definition) is 4. The third-order valence-corrected chi connectivity index (χ3v) is 4.08. The van der Waals surface area contributed by atoms with Crippen molar-refractivity contribution in [3.05, 3.63) is 23.3 Å². The highest BCUT2D eigenvalue weighted by Gasteiger charge is 2.34. The molecule has 0 saturated carbocycles. The van der Waals surface area contributed by atoms with Gasteiger partial charge in [-0.15, -0.1) is 0 Å². The lowest BCUT2D eigenvalue weighted by atomic mass is 9.96. The Bertz CT molecular complexity index is 448. The van der Waals surface area contributed by atoms with Gasteiger partial charge < -0.3 is 15.2 Å². The van der Waals surface area contributed by atoms with E-state index in [-0.39, 0.29) is 0 Å². The van der Waals surface area contributed by atoms with E-state index in [1.807, 2.05) is 12.1 Å². The zero-order chi connectivity index (χ0) is 14.0. The SMILES string of the molecule is COc1ccc(C)c(OC)c1C1CC(CN)CN1C. The molecule has 2 rings (SSSR count). The summed E-state index contributed by atoms with van der Waals surface area (Å²) >= 11 is 0. The number of ether oxygens (including phenoxy) is 2. The van der Waals surface area contributed by atoms with Crippen LogP contribution in [0, 0.1) is 12.8 Å². The monoisotopic (exact) mass is 264 g/mol. The molecule has 1 aromatic carbocycles. The van der Waals surface area contributed by atoms with Crippen LogP contribution < -0.4 is 15.2 Å². The van der Waals surface area contributed by atoms with Crippen molar-refractivity contribution < 1.29 is 9.47 Å².